The number of nitrogens with one attached hydrogen (secondary N) is 1. The van der Waals surface area contributed by atoms with Crippen molar-refractivity contribution in [3.8, 4) is 5.75 Å². The van der Waals surface area contributed by atoms with Crippen LogP contribution in [-0.2, 0) is 11.3 Å². The first kappa shape index (κ1) is 18.5. The Bertz CT molecular complexity index is 645. The molecule has 132 valence electrons. The molecule has 1 unspecified atom stereocenters. The van der Waals surface area contributed by atoms with Crippen molar-refractivity contribution in [3.63, 3.8) is 0 Å². The van der Waals surface area contributed by atoms with Crippen LogP contribution in [-0.4, -0.2) is 41.7 Å². The standard InChI is InChI=1S/C14H14Cl2F2N2O4/c15-9-3-8(11(10(16)4-9)24-13(17)18)5-19-14(23)20-2-1-7(6-20)12(21)22/h3-4,7,13H,1-2,5-6H2,(H,19,23)(H,21,22). The summed E-state index contributed by atoms with van der Waals surface area (Å²) in [6.45, 7) is -2.82. The summed E-state index contributed by atoms with van der Waals surface area (Å²) in [6, 6.07) is 2.11. The quantitative estimate of drug-likeness (QED) is 0.819. The minimum atomic E-state index is -3.08. The van der Waals surface area contributed by atoms with Crippen molar-refractivity contribution < 1.29 is 28.2 Å². The largest absolute Gasteiger partial charge is 0.481 e. The molecule has 0 spiro atoms. The molecule has 0 aliphatic carbocycles. The molecule has 1 heterocycles. The second kappa shape index (κ2) is 7.85. The van der Waals surface area contributed by atoms with Crippen LogP contribution < -0.4 is 10.1 Å². The Morgan fingerprint density at radius 1 is 1.42 bits per heavy atom. The Morgan fingerprint density at radius 3 is 2.71 bits per heavy atom. The second-order valence-corrected chi connectivity index (χ2v) is 6.03. The molecule has 1 aliphatic rings. The van der Waals surface area contributed by atoms with E-state index in [1.165, 1.54) is 17.0 Å². The van der Waals surface area contributed by atoms with E-state index in [1.807, 2.05) is 0 Å². The Labute approximate surface area is 146 Å². The molecule has 2 N–H and O–H groups in total. The molecule has 1 atom stereocenters. The number of halogens is 4. The number of rotatable bonds is 5. The van der Waals surface area contributed by atoms with E-state index >= 15 is 0 Å². The first-order valence-corrected chi connectivity index (χ1v) is 7.72. The summed E-state index contributed by atoms with van der Waals surface area (Å²) in [4.78, 5) is 24.3. The molecule has 1 aromatic carbocycles. The molecule has 0 bridgehead atoms. The van der Waals surface area contributed by atoms with Crippen molar-refractivity contribution in [1.29, 1.82) is 0 Å². The van der Waals surface area contributed by atoms with E-state index in [-0.39, 0.29) is 34.4 Å². The van der Waals surface area contributed by atoms with Crippen LogP contribution >= 0.6 is 23.2 Å². The lowest BCUT2D eigenvalue weighted by atomic mass is 10.1. The maximum absolute atomic E-state index is 12.5. The second-order valence-electron chi connectivity index (χ2n) is 5.18. The molecule has 1 aliphatic heterocycles. The number of carboxylic acids is 1. The van der Waals surface area contributed by atoms with Gasteiger partial charge in [0.2, 0.25) is 0 Å². The van der Waals surface area contributed by atoms with E-state index in [2.05, 4.69) is 10.1 Å². The molecule has 0 radical (unpaired) electrons. The van der Waals surface area contributed by atoms with E-state index in [0.29, 0.717) is 13.0 Å². The average Bonchev–Trinajstić information content (AvgIpc) is 2.97. The Kier molecular flexibility index (Phi) is 6.06. The maximum Gasteiger partial charge on any atom is 0.387 e. The number of carbonyl (C=O) groups is 2. The third kappa shape index (κ3) is 4.61. The molecule has 1 fully saturated rings. The smallest absolute Gasteiger partial charge is 0.387 e. The van der Waals surface area contributed by atoms with Gasteiger partial charge in [0.05, 0.1) is 10.9 Å². The molecule has 2 amide bonds. The SMILES string of the molecule is O=C(O)C1CCN(C(=O)NCc2cc(Cl)cc(Cl)c2OC(F)F)C1. The Balaban J connectivity index is 2.03. The summed E-state index contributed by atoms with van der Waals surface area (Å²) in [5, 5.41) is 11.6. The summed E-state index contributed by atoms with van der Waals surface area (Å²) < 4.78 is 29.3. The van der Waals surface area contributed by atoms with Crippen LogP contribution in [0.5, 0.6) is 5.75 Å². The van der Waals surface area contributed by atoms with Crippen molar-refractivity contribution in [3.05, 3.63) is 27.7 Å². The van der Waals surface area contributed by atoms with Crippen molar-refractivity contribution in [2.75, 3.05) is 13.1 Å². The summed E-state index contributed by atoms with van der Waals surface area (Å²) in [7, 11) is 0. The van der Waals surface area contributed by atoms with Crippen LogP contribution in [0.2, 0.25) is 10.0 Å². The van der Waals surface area contributed by atoms with Crippen LogP contribution in [0, 0.1) is 5.92 Å². The van der Waals surface area contributed by atoms with Gasteiger partial charge in [0, 0.05) is 30.2 Å². The number of amides is 2. The average molecular weight is 383 g/mol. The molecule has 2 rings (SSSR count). The molecule has 0 aromatic heterocycles. The molecule has 24 heavy (non-hydrogen) atoms. The Morgan fingerprint density at radius 2 is 2.12 bits per heavy atom. The van der Waals surface area contributed by atoms with Crippen molar-refractivity contribution >= 4 is 35.2 Å². The van der Waals surface area contributed by atoms with Gasteiger partial charge in [-0.1, -0.05) is 23.2 Å². The number of likely N-dealkylation sites (tertiary alicyclic amines) is 1. The number of ether oxygens (including phenoxy) is 1. The van der Waals surface area contributed by atoms with Gasteiger partial charge in [0.25, 0.3) is 0 Å². The highest BCUT2D eigenvalue weighted by molar-refractivity contribution is 6.35. The maximum atomic E-state index is 12.5. The zero-order valence-corrected chi connectivity index (χ0v) is 13.8. The van der Waals surface area contributed by atoms with Crippen LogP contribution in [0.1, 0.15) is 12.0 Å². The van der Waals surface area contributed by atoms with Gasteiger partial charge in [-0.25, -0.2) is 4.79 Å². The minimum Gasteiger partial charge on any atom is -0.481 e. The molecular formula is C14H14Cl2F2N2O4. The number of urea groups is 1. The van der Waals surface area contributed by atoms with Crippen molar-refractivity contribution in [1.82, 2.24) is 10.2 Å². The fourth-order valence-electron chi connectivity index (χ4n) is 2.39. The molecule has 0 saturated carbocycles. The topological polar surface area (TPSA) is 78.9 Å². The van der Waals surface area contributed by atoms with Crippen molar-refractivity contribution in [2.45, 2.75) is 19.6 Å². The lowest BCUT2D eigenvalue weighted by Crippen LogP contribution is -2.38. The predicted octanol–water partition coefficient (Wildman–Crippen LogP) is 3.21. The van der Waals surface area contributed by atoms with E-state index in [4.69, 9.17) is 28.3 Å². The van der Waals surface area contributed by atoms with E-state index < -0.39 is 24.5 Å². The first-order chi connectivity index (χ1) is 11.3. The van der Waals surface area contributed by atoms with E-state index in [9.17, 15) is 18.4 Å². The van der Waals surface area contributed by atoms with Crippen LogP contribution in [0.4, 0.5) is 13.6 Å². The van der Waals surface area contributed by atoms with E-state index in [1.54, 1.807) is 0 Å². The van der Waals surface area contributed by atoms with Crippen LogP contribution in [0.3, 0.4) is 0 Å². The van der Waals surface area contributed by atoms with Gasteiger partial charge in [-0.2, -0.15) is 8.78 Å². The summed E-state index contributed by atoms with van der Waals surface area (Å²) in [5.41, 5.74) is 0.190. The lowest BCUT2D eigenvalue weighted by Gasteiger charge is -2.18. The number of hydrogen-bond acceptors (Lipinski definition) is 3. The van der Waals surface area contributed by atoms with Gasteiger partial charge in [-0.15, -0.1) is 0 Å². The van der Waals surface area contributed by atoms with Gasteiger partial charge in [0.1, 0.15) is 5.75 Å². The highest BCUT2D eigenvalue weighted by Gasteiger charge is 2.30. The Hall–Kier alpha value is -1.80. The minimum absolute atomic E-state index is 0.0951. The molecule has 6 nitrogen and oxygen atoms in total. The number of nitrogens with zero attached hydrogens (tertiary/aromatic N) is 1. The highest BCUT2D eigenvalue weighted by atomic mass is 35.5. The van der Waals surface area contributed by atoms with E-state index in [0.717, 1.165) is 0 Å². The molecule has 1 saturated heterocycles. The van der Waals surface area contributed by atoms with Gasteiger partial charge >= 0.3 is 18.6 Å². The predicted molar refractivity (Wildman–Crippen MR) is 82.6 cm³/mol. The summed E-state index contributed by atoms with van der Waals surface area (Å²) >= 11 is 11.7. The van der Waals surface area contributed by atoms with Crippen LogP contribution in [0.15, 0.2) is 12.1 Å². The number of aliphatic carboxylic acids is 1. The number of carboxylic acid groups (broad SMARTS) is 1. The summed E-state index contributed by atoms with van der Waals surface area (Å²) in [5.74, 6) is -1.82. The highest BCUT2D eigenvalue weighted by Crippen LogP contribution is 2.33. The monoisotopic (exact) mass is 382 g/mol. The summed E-state index contributed by atoms with van der Waals surface area (Å²) in [6.07, 6.45) is 0.367. The number of benzene rings is 1. The normalized spacial score (nSPS) is 17.2. The molecule has 1 aromatic rings. The number of hydrogen-bond donors (Lipinski definition) is 2. The lowest BCUT2D eigenvalue weighted by molar-refractivity contribution is -0.141. The molecule has 10 heteroatoms. The van der Waals surface area contributed by atoms with Gasteiger partial charge in [-0.05, 0) is 18.6 Å². The van der Waals surface area contributed by atoms with Gasteiger partial charge in [0.15, 0.2) is 0 Å². The zero-order chi connectivity index (χ0) is 17.9. The first-order valence-electron chi connectivity index (χ1n) is 6.96. The van der Waals surface area contributed by atoms with Crippen molar-refractivity contribution in [2.24, 2.45) is 5.92 Å². The molecular weight excluding hydrogens is 369 g/mol. The fourth-order valence-corrected chi connectivity index (χ4v) is 2.98. The number of alkyl halides is 2. The zero-order valence-electron chi connectivity index (χ0n) is 12.3. The van der Waals surface area contributed by atoms with Crippen LogP contribution in [0.25, 0.3) is 0 Å². The van der Waals surface area contributed by atoms with Gasteiger partial charge < -0.3 is 20.1 Å². The number of carbonyl (C=O) groups excluding carboxylic acids is 1. The third-order valence-electron chi connectivity index (χ3n) is 3.55. The van der Waals surface area contributed by atoms with Gasteiger partial charge in [-0.3, -0.25) is 4.79 Å². The third-order valence-corrected chi connectivity index (χ3v) is 4.05. The fraction of sp³-hybridized carbons (Fsp3) is 0.429.